The molecular formula is C5H7FO2. The molecule has 1 saturated carbocycles. The van der Waals surface area contributed by atoms with E-state index in [-0.39, 0.29) is 6.42 Å². The van der Waals surface area contributed by atoms with Gasteiger partial charge in [0.25, 0.3) is 0 Å². The van der Waals surface area contributed by atoms with E-state index < -0.39 is 18.1 Å². The molecule has 0 aromatic carbocycles. The summed E-state index contributed by atoms with van der Waals surface area (Å²) in [5.74, 6) is -0.461. The fraction of sp³-hybridized carbons (Fsp3) is 0.800. The lowest BCUT2D eigenvalue weighted by molar-refractivity contribution is -0.122. The summed E-state index contributed by atoms with van der Waals surface area (Å²) in [4.78, 5) is 10.2. The van der Waals surface area contributed by atoms with Crippen LogP contribution in [0.25, 0.3) is 0 Å². The largest absolute Gasteiger partial charge is 0.390 e. The maximum Gasteiger partial charge on any atom is 0.184 e. The molecule has 0 bridgehead atoms. The molecule has 0 aromatic rings. The van der Waals surface area contributed by atoms with Gasteiger partial charge >= 0.3 is 0 Å². The Bertz CT molecular complexity index is 113. The van der Waals surface area contributed by atoms with Gasteiger partial charge in [0.2, 0.25) is 0 Å². The maximum atomic E-state index is 12.1. The number of halogens is 1. The average Bonchev–Trinajstić information content (AvgIpc) is 1.98. The first-order chi connectivity index (χ1) is 3.72. The fourth-order valence-corrected chi connectivity index (χ4v) is 0.789. The van der Waals surface area contributed by atoms with Gasteiger partial charge in [-0.05, 0) is 6.42 Å². The Labute approximate surface area is 46.3 Å². The van der Waals surface area contributed by atoms with Gasteiger partial charge in [0, 0.05) is 6.42 Å². The standard InChI is InChI=1S/C5H7FO2/c6-5-3(7)1-2-4(5)8/h3,5,7H,1-2H2. The molecule has 0 radical (unpaired) electrons. The Morgan fingerprint density at radius 3 is 2.50 bits per heavy atom. The zero-order valence-electron chi connectivity index (χ0n) is 4.30. The van der Waals surface area contributed by atoms with Crippen LogP contribution in [0.15, 0.2) is 0 Å². The van der Waals surface area contributed by atoms with E-state index in [9.17, 15) is 9.18 Å². The lowest BCUT2D eigenvalue weighted by Gasteiger charge is -1.98. The third-order valence-electron chi connectivity index (χ3n) is 1.33. The van der Waals surface area contributed by atoms with Crippen molar-refractivity contribution in [3.63, 3.8) is 0 Å². The maximum absolute atomic E-state index is 12.1. The van der Waals surface area contributed by atoms with Gasteiger partial charge in [0.1, 0.15) is 0 Å². The van der Waals surface area contributed by atoms with Crippen LogP contribution >= 0.6 is 0 Å². The lowest BCUT2D eigenvalue weighted by Crippen LogP contribution is -2.19. The number of aliphatic hydroxyl groups is 1. The molecule has 0 saturated heterocycles. The molecule has 1 N–H and O–H groups in total. The molecule has 0 aliphatic heterocycles. The van der Waals surface area contributed by atoms with Crippen LogP contribution in [-0.4, -0.2) is 23.2 Å². The van der Waals surface area contributed by atoms with Crippen molar-refractivity contribution in [2.24, 2.45) is 0 Å². The summed E-state index contributed by atoms with van der Waals surface area (Å²) in [5.41, 5.74) is 0. The van der Waals surface area contributed by atoms with E-state index in [1.807, 2.05) is 0 Å². The van der Waals surface area contributed by atoms with Gasteiger partial charge in [0.15, 0.2) is 12.0 Å². The quantitative estimate of drug-likeness (QED) is 0.488. The molecule has 2 atom stereocenters. The summed E-state index contributed by atoms with van der Waals surface area (Å²) in [5, 5.41) is 8.57. The van der Waals surface area contributed by atoms with E-state index in [0.717, 1.165) is 0 Å². The van der Waals surface area contributed by atoms with Crippen LogP contribution in [0, 0.1) is 0 Å². The molecule has 46 valence electrons. The van der Waals surface area contributed by atoms with E-state index >= 15 is 0 Å². The Morgan fingerprint density at radius 2 is 2.38 bits per heavy atom. The number of ketones is 1. The van der Waals surface area contributed by atoms with Crippen molar-refractivity contribution in [3.05, 3.63) is 0 Å². The summed E-state index contributed by atoms with van der Waals surface area (Å²) < 4.78 is 12.1. The second-order valence-electron chi connectivity index (χ2n) is 1.97. The normalized spacial score (nSPS) is 38.5. The number of Topliss-reactive ketones (excluding diaryl/α,β-unsaturated/α-hetero) is 1. The van der Waals surface area contributed by atoms with Crippen LogP contribution < -0.4 is 0 Å². The summed E-state index contributed by atoms with van der Waals surface area (Å²) in [6.45, 7) is 0. The Hall–Kier alpha value is -0.440. The number of carbonyl (C=O) groups is 1. The van der Waals surface area contributed by atoms with Crippen molar-refractivity contribution in [2.75, 3.05) is 0 Å². The van der Waals surface area contributed by atoms with E-state index in [1.54, 1.807) is 0 Å². The molecule has 1 aliphatic rings. The van der Waals surface area contributed by atoms with Crippen LogP contribution in [0.3, 0.4) is 0 Å². The van der Waals surface area contributed by atoms with Crippen LogP contribution in [-0.2, 0) is 4.79 Å². The van der Waals surface area contributed by atoms with Crippen molar-refractivity contribution in [3.8, 4) is 0 Å². The summed E-state index contributed by atoms with van der Waals surface area (Å²) >= 11 is 0. The third kappa shape index (κ3) is 0.733. The first-order valence-corrected chi connectivity index (χ1v) is 2.56. The number of hydrogen-bond donors (Lipinski definition) is 1. The summed E-state index contributed by atoms with van der Waals surface area (Å²) in [6.07, 6.45) is -2.14. The van der Waals surface area contributed by atoms with Gasteiger partial charge in [-0.1, -0.05) is 0 Å². The highest BCUT2D eigenvalue weighted by Crippen LogP contribution is 2.17. The minimum atomic E-state index is -1.60. The van der Waals surface area contributed by atoms with Gasteiger partial charge < -0.3 is 5.11 Å². The molecule has 0 heterocycles. The highest BCUT2D eigenvalue weighted by Gasteiger charge is 2.32. The van der Waals surface area contributed by atoms with Gasteiger partial charge in [-0.15, -0.1) is 0 Å². The van der Waals surface area contributed by atoms with E-state index in [4.69, 9.17) is 5.11 Å². The number of hydrogen-bond acceptors (Lipinski definition) is 2. The van der Waals surface area contributed by atoms with E-state index in [0.29, 0.717) is 6.42 Å². The van der Waals surface area contributed by atoms with Crippen molar-refractivity contribution in [1.82, 2.24) is 0 Å². The Kier molecular flexibility index (Phi) is 1.29. The molecule has 1 aliphatic carbocycles. The first-order valence-electron chi connectivity index (χ1n) is 2.56. The summed E-state index contributed by atoms with van der Waals surface area (Å²) in [7, 11) is 0. The van der Waals surface area contributed by atoms with Crippen LogP contribution in [0.2, 0.25) is 0 Å². The number of carbonyl (C=O) groups excluding carboxylic acids is 1. The topological polar surface area (TPSA) is 37.3 Å². The van der Waals surface area contributed by atoms with E-state index in [2.05, 4.69) is 0 Å². The zero-order chi connectivity index (χ0) is 6.15. The van der Waals surface area contributed by atoms with Crippen LogP contribution in [0.4, 0.5) is 4.39 Å². The molecule has 0 amide bonds. The molecule has 1 fully saturated rings. The van der Waals surface area contributed by atoms with Crippen molar-refractivity contribution in [2.45, 2.75) is 25.1 Å². The fourth-order valence-electron chi connectivity index (χ4n) is 0.789. The SMILES string of the molecule is O=C1CCC(O)C1F. The summed E-state index contributed by atoms with van der Waals surface area (Å²) in [6, 6.07) is 0. The molecule has 2 unspecified atom stereocenters. The Balaban J connectivity index is 2.56. The van der Waals surface area contributed by atoms with Gasteiger partial charge in [0.05, 0.1) is 6.10 Å². The highest BCUT2D eigenvalue weighted by molar-refractivity contribution is 5.85. The predicted octanol–water partition coefficient (Wildman–Crippen LogP) is 0.0483. The second kappa shape index (κ2) is 1.82. The monoisotopic (exact) mass is 118 g/mol. The van der Waals surface area contributed by atoms with Crippen molar-refractivity contribution < 1.29 is 14.3 Å². The molecule has 3 heteroatoms. The smallest absolute Gasteiger partial charge is 0.184 e. The minimum absolute atomic E-state index is 0.197. The molecular weight excluding hydrogens is 111 g/mol. The van der Waals surface area contributed by atoms with Crippen molar-refractivity contribution in [1.29, 1.82) is 0 Å². The van der Waals surface area contributed by atoms with Gasteiger partial charge in [-0.3, -0.25) is 4.79 Å². The number of alkyl halides is 1. The Morgan fingerprint density at radius 1 is 1.75 bits per heavy atom. The van der Waals surface area contributed by atoms with E-state index in [1.165, 1.54) is 0 Å². The molecule has 2 nitrogen and oxygen atoms in total. The number of aliphatic hydroxyl groups excluding tert-OH is 1. The minimum Gasteiger partial charge on any atom is -0.390 e. The van der Waals surface area contributed by atoms with Crippen molar-refractivity contribution >= 4 is 5.78 Å². The molecule has 0 spiro atoms. The zero-order valence-corrected chi connectivity index (χ0v) is 4.30. The first kappa shape index (κ1) is 5.69. The average molecular weight is 118 g/mol. The van der Waals surface area contributed by atoms with Gasteiger partial charge in [-0.25, -0.2) is 4.39 Å². The molecule has 0 aromatic heterocycles. The highest BCUT2D eigenvalue weighted by atomic mass is 19.1. The molecule has 8 heavy (non-hydrogen) atoms. The predicted molar refractivity (Wildman–Crippen MR) is 25.1 cm³/mol. The molecule has 1 rings (SSSR count). The van der Waals surface area contributed by atoms with Gasteiger partial charge in [-0.2, -0.15) is 0 Å². The second-order valence-corrected chi connectivity index (χ2v) is 1.97. The van der Waals surface area contributed by atoms with Crippen LogP contribution in [0.5, 0.6) is 0 Å². The lowest BCUT2D eigenvalue weighted by atomic mass is 10.3. The number of rotatable bonds is 0. The van der Waals surface area contributed by atoms with Crippen LogP contribution in [0.1, 0.15) is 12.8 Å². The third-order valence-corrected chi connectivity index (χ3v) is 1.33.